The Morgan fingerprint density at radius 2 is 2.35 bits per heavy atom. The van der Waals surface area contributed by atoms with Crippen molar-refractivity contribution in [3.05, 3.63) is 20.6 Å². The Kier molecular flexibility index (Phi) is 3.22. The minimum Gasteiger partial charge on any atom is -0.461 e. The Hall–Kier alpha value is -1.32. The van der Waals surface area contributed by atoms with Gasteiger partial charge in [0.25, 0.3) is 0 Å². The average molecular weight is 313 g/mol. The SMILES string of the molecule is CCOC(=O)c1[nH]c2c(Br)c(C)sc2c1C#N. The number of aromatic nitrogens is 1. The molecule has 0 aliphatic carbocycles. The van der Waals surface area contributed by atoms with Gasteiger partial charge < -0.3 is 9.72 Å². The first-order valence-electron chi connectivity index (χ1n) is 4.97. The van der Waals surface area contributed by atoms with Crippen LogP contribution in [0.2, 0.25) is 0 Å². The van der Waals surface area contributed by atoms with Crippen LogP contribution in [0.5, 0.6) is 0 Å². The Morgan fingerprint density at radius 1 is 1.65 bits per heavy atom. The number of H-pyrrole nitrogens is 1. The zero-order valence-electron chi connectivity index (χ0n) is 9.26. The molecule has 0 unspecified atom stereocenters. The second-order valence-corrected chi connectivity index (χ2v) is 5.40. The fourth-order valence-electron chi connectivity index (χ4n) is 1.58. The fourth-order valence-corrected chi connectivity index (χ4v) is 3.25. The Bertz CT molecular complexity index is 636. The van der Waals surface area contributed by atoms with Crippen molar-refractivity contribution in [2.75, 3.05) is 6.61 Å². The number of ether oxygens (including phenoxy) is 1. The monoisotopic (exact) mass is 312 g/mol. The standard InChI is InChI=1S/C11H9BrN2O2S/c1-3-16-11(15)8-6(4-13)10-9(14-8)7(12)5(2)17-10/h14H,3H2,1-2H3. The topological polar surface area (TPSA) is 65.9 Å². The van der Waals surface area contributed by atoms with E-state index in [1.54, 1.807) is 6.92 Å². The van der Waals surface area contributed by atoms with Gasteiger partial charge in [0.15, 0.2) is 0 Å². The van der Waals surface area contributed by atoms with Crippen LogP contribution in [0.1, 0.15) is 27.9 Å². The highest BCUT2D eigenvalue weighted by atomic mass is 79.9. The summed E-state index contributed by atoms with van der Waals surface area (Å²) >= 11 is 4.91. The Labute approximate surface area is 110 Å². The summed E-state index contributed by atoms with van der Waals surface area (Å²) in [6.07, 6.45) is 0. The number of rotatable bonds is 2. The van der Waals surface area contributed by atoms with E-state index >= 15 is 0 Å². The highest BCUT2D eigenvalue weighted by Gasteiger charge is 2.22. The highest BCUT2D eigenvalue weighted by molar-refractivity contribution is 9.10. The van der Waals surface area contributed by atoms with Crippen LogP contribution in [0.4, 0.5) is 0 Å². The van der Waals surface area contributed by atoms with Crippen LogP contribution in [-0.4, -0.2) is 17.6 Å². The summed E-state index contributed by atoms with van der Waals surface area (Å²) in [5, 5.41) is 9.14. The molecule has 0 radical (unpaired) electrons. The maximum atomic E-state index is 11.7. The van der Waals surface area contributed by atoms with Gasteiger partial charge in [-0.3, -0.25) is 0 Å². The minimum absolute atomic E-state index is 0.233. The lowest BCUT2D eigenvalue weighted by Crippen LogP contribution is -2.06. The van der Waals surface area contributed by atoms with Gasteiger partial charge in [0.05, 0.1) is 21.3 Å². The molecule has 4 nitrogen and oxygen atoms in total. The first-order chi connectivity index (χ1) is 8.10. The molecule has 2 rings (SSSR count). The number of nitrogens with one attached hydrogen (secondary N) is 1. The van der Waals surface area contributed by atoms with E-state index in [4.69, 9.17) is 10.00 Å². The van der Waals surface area contributed by atoms with Crippen molar-refractivity contribution in [2.45, 2.75) is 13.8 Å². The summed E-state index contributed by atoms with van der Waals surface area (Å²) in [7, 11) is 0. The number of aromatic amines is 1. The van der Waals surface area contributed by atoms with Gasteiger partial charge in [-0.25, -0.2) is 4.79 Å². The molecule has 88 valence electrons. The number of aryl methyl sites for hydroxylation is 1. The largest absolute Gasteiger partial charge is 0.461 e. The van der Waals surface area contributed by atoms with E-state index in [0.717, 1.165) is 19.6 Å². The Morgan fingerprint density at radius 3 is 2.94 bits per heavy atom. The van der Waals surface area contributed by atoms with Crippen LogP contribution in [0, 0.1) is 18.3 Å². The number of carbonyl (C=O) groups is 1. The summed E-state index contributed by atoms with van der Waals surface area (Å²) in [5.74, 6) is -0.489. The number of carbonyl (C=O) groups excluding carboxylic acids is 1. The third-order valence-electron chi connectivity index (χ3n) is 2.33. The molecular formula is C11H9BrN2O2S. The van der Waals surface area contributed by atoms with E-state index in [-0.39, 0.29) is 12.3 Å². The van der Waals surface area contributed by atoms with Crippen LogP contribution in [0.3, 0.4) is 0 Å². The third kappa shape index (κ3) is 1.85. The number of halogens is 1. The summed E-state index contributed by atoms with van der Waals surface area (Å²) < 4.78 is 6.59. The summed E-state index contributed by atoms with van der Waals surface area (Å²) in [6, 6.07) is 2.06. The minimum atomic E-state index is -0.489. The first kappa shape index (κ1) is 12.1. The van der Waals surface area contributed by atoms with Gasteiger partial charge in [0, 0.05) is 4.88 Å². The quantitative estimate of drug-likeness (QED) is 0.865. The Balaban J connectivity index is 2.66. The zero-order valence-corrected chi connectivity index (χ0v) is 11.7. The maximum Gasteiger partial charge on any atom is 0.356 e. The molecule has 0 aliphatic heterocycles. The predicted octanol–water partition coefficient (Wildman–Crippen LogP) is 3.35. The number of hydrogen-bond acceptors (Lipinski definition) is 4. The van der Waals surface area contributed by atoms with E-state index in [1.807, 2.05) is 6.92 Å². The van der Waals surface area contributed by atoms with Crippen molar-refractivity contribution in [1.29, 1.82) is 5.26 Å². The van der Waals surface area contributed by atoms with Gasteiger partial charge in [-0.15, -0.1) is 11.3 Å². The molecule has 17 heavy (non-hydrogen) atoms. The van der Waals surface area contributed by atoms with Gasteiger partial charge in [0.1, 0.15) is 17.3 Å². The van der Waals surface area contributed by atoms with Crippen molar-refractivity contribution in [2.24, 2.45) is 0 Å². The van der Waals surface area contributed by atoms with E-state index in [9.17, 15) is 4.79 Å². The van der Waals surface area contributed by atoms with Gasteiger partial charge in [-0.1, -0.05) is 0 Å². The lowest BCUT2D eigenvalue weighted by atomic mass is 10.2. The zero-order chi connectivity index (χ0) is 12.6. The molecule has 0 atom stereocenters. The highest BCUT2D eigenvalue weighted by Crippen LogP contribution is 2.37. The normalized spacial score (nSPS) is 10.5. The van der Waals surface area contributed by atoms with E-state index in [0.29, 0.717) is 5.56 Å². The second-order valence-electron chi connectivity index (χ2n) is 3.38. The number of hydrogen-bond donors (Lipinski definition) is 1. The van der Waals surface area contributed by atoms with E-state index < -0.39 is 5.97 Å². The second kappa shape index (κ2) is 4.51. The lowest BCUT2D eigenvalue weighted by Gasteiger charge is -1.98. The van der Waals surface area contributed by atoms with Crippen LogP contribution in [0.15, 0.2) is 4.47 Å². The summed E-state index contributed by atoms with van der Waals surface area (Å²) in [6.45, 7) is 3.97. The molecule has 2 aromatic heterocycles. The average Bonchev–Trinajstić information content (AvgIpc) is 2.78. The third-order valence-corrected chi connectivity index (χ3v) is 4.71. The fraction of sp³-hybridized carbons (Fsp3) is 0.273. The van der Waals surface area contributed by atoms with Gasteiger partial charge in [0.2, 0.25) is 0 Å². The molecule has 1 N–H and O–H groups in total. The molecule has 0 bridgehead atoms. The molecular weight excluding hydrogens is 304 g/mol. The number of fused-ring (bicyclic) bond motifs is 1. The summed E-state index contributed by atoms with van der Waals surface area (Å²) in [5.41, 5.74) is 1.38. The van der Waals surface area contributed by atoms with Crippen molar-refractivity contribution >= 4 is 43.5 Å². The number of nitriles is 1. The van der Waals surface area contributed by atoms with Crippen molar-refractivity contribution in [1.82, 2.24) is 4.98 Å². The molecule has 2 heterocycles. The van der Waals surface area contributed by atoms with Crippen LogP contribution in [0.25, 0.3) is 10.2 Å². The lowest BCUT2D eigenvalue weighted by molar-refractivity contribution is 0.0520. The molecule has 0 spiro atoms. The van der Waals surface area contributed by atoms with Gasteiger partial charge >= 0.3 is 5.97 Å². The number of thiophene rings is 1. The van der Waals surface area contributed by atoms with Crippen molar-refractivity contribution in [3.63, 3.8) is 0 Å². The van der Waals surface area contributed by atoms with Gasteiger partial charge in [-0.05, 0) is 29.8 Å². The number of nitrogens with zero attached hydrogens (tertiary/aromatic N) is 1. The van der Waals surface area contributed by atoms with E-state index in [2.05, 4.69) is 27.0 Å². The van der Waals surface area contributed by atoms with Gasteiger partial charge in [-0.2, -0.15) is 5.26 Å². The number of esters is 1. The van der Waals surface area contributed by atoms with Crippen LogP contribution < -0.4 is 0 Å². The first-order valence-corrected chi connectivity index (χ1v) is 6.58. The van der Waals surface area contributed by atoms with Crippen LogP contribution >= 0.6 is 27.3 Å². The predicted molar refractivity (Wildman–Crippen MR) is 69.3 cm³/mol. The molecule has 6 heteroatoms. The van der Waals surface area contributed by atoms with Crippen molar-refractivity contribution in [3.8, 4) is 6.07 Å². The van der Waals surface area contributed by atoms with Crippen LogP contribution in [-0.2, 0) is 4.74 Å². The summed E-state index contributed by atoms with van der Waals surface area (Å²) in [4.78, 5) is 15.7. The molecule has 0 aromatic carbocycles. The molecule has 0 aliphatic rings. The molecule has 0 saturated carbocycles. The van der Waals surface area contributed by atoms with E-state index in [1.165, 1.54) is 11.3 Å². The molecule has 2 aromatic rings. The maximum absolute atomic E-state index is 11.7. The molecule has 0 fully saturated rings. The molecule has 0 amide bonds. The smallest absolute Gasteiger partial charge is 0.356 e. The van der Waals surface area contributed by atoms with Crippen molar-refractivity contribution < 1.29 is 9.53 Å². The molecule has 0 saturated heterocycles.